The molecule has 8 heteroatoms. The SMILES string of the molecule is Fc1cccc(F)c1-c1ccc(N[C@H]2CC[C@H](Nc3ncc(C4CC4)nn3)C2)nc1. The van der Waals surface area contributed by atoms with E-state index in [1.807, 2.05) is 6.20 Å². The van der Waals surface area contributed by atoms with E-state index in [0.717, 1.165) is 25.0 Å². The van der Waals surface area contributed by atoms with Crippen molar-refractivity contribution < 1.29 is 8.78 Å². The van der Waals surface area contributed by atoms with Crippen LogP contribution in [0.25, 0.3) is 11.1 Å². The van der Waals surface area contributed by atoms with Gasteiger partial charge < -0.3 is 10.6 Å². The van der Waals surface area contributed by atoms with Crippen LogP contribution in [0.3, 0.4) is 0 Å². The lowest BCUT2D eigenvalue weighted by Crippen LogP contribution is -2.22. The van der Waals surface area contributed by atoms with E-state index < -0.39 is 11.6 Å². The molecule has 2 aliphatic carbocycles. The van der Waals surface area contributed by atoms with Gasteiger partial charge in [-0.05, 0) is 56.4 Å². The third-order valence-electron chi connectivity index (χ3n) is 5.71. The Bertz CT molecular complexity index is 1000. The van der Waals surface area contributed by atoms with Gasteiger partial charge in [0.15, 0.2) is 0 Å². The molecule has 1 aromatic carbocycles. The van der Waals surface area contributed by atoms with Crippen LogP contribution in [-0.2, 0) is 0 Å². The minimum atomic E-state index is -0.593. The molecule has 3 aromatic rings. The summed E-state index contributed by atoms with van der Waals surface area (Å²) in [7, 11) is 0. The molecule has 2 fully saturated rings. The second-order valence-electron chi connectivity index (χ2n) is 8.01. The highest BCUT2D eigenvalue weighted by Crippen LogP contribution is 2.38. The maximum Gasteiger partial charge on any atom is 0.242 e. The molecule has 30 heavy (non-hydrogen) atoms. The number of halogens is 2. The molecular formula is C22H22F2N6. The molecule has 0 unspecified atom stereocenters. The second kappa shape index (κ2) is 7.93. The molecule has 5 rings (SSSR count). The van der Waals surface area contributed by atoms with Gasteiger partial charge in [-0.25, -0.2) is 18.7 Å². The standard InChI is InChI=1S/C22H22F2N6/c23-17-2-1-3-18(24)21(17)14-6-9-20(25-11-14)27-15-7-8-16(10-15)28-22-26-12-19(29-30-22)13-4-5-13/h1-3,6,9,11-13,15-16H,4-5,7-8,10H2,(H,25,27)(H,26,28,30)/t15-,16-/m0/s1. The van der Waals surface area contributed by atoms with E-state index in [0.29, 0.717) is 23.2 Å². The van der Waals surface area contributed by atoms with E-state index >= 15 is 0 Å². The van der Waals surface area contributed by atoms with Gasteiger partial charge in [0.1, 0.15) is 17.5 Å². The zero-order valence-corrected chi connectivity index (χ0v) is 16.4. The van der Waals surface area contributed by atoms with Gasteiger partial charge in [0.25, 0.3) is 0 Å². The van der Waals surface area contributed by atoms with Crippen LogP contribution in [0, 0.1) is 11.6 Å². The first-order valence-electron chi connectivity index (χ1n) is 10.3. The number of benzene rings is 1. The number of nitrogens with one attached hydrogen (secondary N) is 2. The van der Waals surface area contributed by atoms with Crippen molar-refractivity contribution >= 4 is 11.8 Å². The van der Waals surface area contributed by atoms with Crippen LogP contribution in [0.15, 0.2) is 42.7 Å². The van der Waals surface area contributed by atoms with Crippen molar-refractivity contribution in [2.45, 2.75) is 50.1 Å². The maximum atomic E-state index is 13.9. The highest BCUT2D eigenvalue weighted by Gasteiger charge is 2.27. The third kappa shape index (κ3) is 4.08. The molecule has 154 valence electrons. The van der Waals surface area contributed by atoms with Crippen molar-refractivity contribution in [3.63, 3.8) is 0 Å². The Balaban J connectivity index is 1.17. The van der Waals surface area contributed by atoms with E-state index in [1.165, 1.54) is 37.2 Å². The van der Waals surface area contributed by atoms with E-state index in [1.54, 1.807) is 12.1 Å². The Morgan fingerprint density at radius 2 is 1.57 bits per heavy atom. The van der Waals surface area contributed by atoms with Crippen LogP contribution in [0.4, 0.5) is 20.5 Å². The Morgan fingerprint density at radius 3 is 2.20 bits per heavy atom. The van der Waals surface area contributed by atoms with Crippen molar-refractivity contribution in [3.05, 3.63) is 60.1 Å². The first-order chi connectivity index (χ1) is 14.7. The van der Waals surface area contributed by atoms with Crippen LogP contribution in [-0.4, -0.2) is 32.2 Å². The fourth-order valence-corrected chi connectivity index (χ4v) is 3.95. The summed E-state index contributed by atoms with van der Waals surface area (Å²) in [6.07, 6.45) is 8.56. The highest BCUT2D eigenvalue weighted by molar-refractivity contribution is 5.65. The lowest BCUT2D eigenvalue weighted by molar-refractivity contribution is 0.589. The molecule has 0 spiro atoms. The van der Waals surface area contributed by atoms with Crippen molar-refractivity contribution in [3.8, 4) is 11.1 Å². The van der Waals surface area contributed by atoms with Gasteiger partial charge in [-0.2, -0.15) is 0 Å². The summed E-state index contributed by atoms with van der Waals surface area (Å²) in [4.78, 5) is 8.73. The van der Waals surface area contributed by atoms with Crippen molar-refractivity contribution in [2.24, 2.45) is 0 Å². The molecule has 2 aromatic heterocycles. The molecule has 6 nitrogen and oxygen atoms in total. The first-order valence-corrected chi connectivity index (χ1v) is 10.3. The van der Waals surface area contributed by atoms with Crippen LogP contribution in [0.5, 0.6) is 0 Å². The molecule has 0 saturated heterocycles. The molecule has 2 N–H and O–H groups in total. The summed E-state index contributed by atoms with van der Waals surface area (Å²) in [5.74, 6) is 0.619. The summed E-state index contributed by atoms with van der Waals surface area (Å²) in [5.41, 5.74) is 1.35. The summed E-state index contributed by atoms with van der Waals surface area (Å²) in [6.45, 7) is 0. The zero-order chi connectivity index (χ0) is 20.5. The van der Waals surface area contributed by atoms with E-state index in [-0.39, 0.29) is 17.6 Å². The van der Waals surface area contributed by atoms with Gasteiger partial charge in [-0.1, -0.05) is 6.07 Å². The molecule has 0 aliphatic heterocycles. The zero-order valence-electron chi connectivity index (χ0n) is 16.4. The fourth-order valence-electron chi connectivity index (χ4n) is 3.95. The number of hydrogen-bond acceptors (Lipinski definition) is 6. The fraction of sp³-hybridized carbons (Fsp3) is 0.364. The number of aromatic nitrogens is 4. The molecule has 2 saturated carbocycles. The Labute approximate surface area is 173 Å². The molecule has 0 bridgehead atoms. The molecule has 2 aliphatic rings. The predicted octanol–water partition coefficient (Wildman–Crippen LogP) is 4.53. The van der Waals surface area contributed by atoms with E-state index in [2.05, 4.69) is 30.8 Å². The van der Waals surface area contributed by atoms with Crippen LogP contribution >= 0.6 is 0 Å². The molecule has 0 amide bonds. The largest absolute Gasteiger partial charge is 0.367 e. The van der Waals surface area contributed by atoms with E-state index in [4.69, 9.17) is 0 Å². The quantitative estimate of drug-likeness (QED) is 0.624. The summed E-state index contributed by atoms with van der Waals surface area (Å²) >= 11 is 0. The minimum Gasteiger partial charge on any atom is -0.367 e. The average Bonchev–Trinajstić information content (AvgIpc) is 3.51. The minimum absolute atomic E-state index is 0.0528. The smallest absolute Gasteiger partial charge is 0.242 e. The monoisotopic (exact) mass is 408 g/mol. The number of hydrogen-bond donors (Lipinski definition) is 2. The molecule has 2 atom stereocenters. The van der Waals surface area contributed by atoms with Crippen molar-refractivity contribution in [1.82, 2.24) is 20.2 Å². The molecular weight excluding hydrogens is 386 g/mol. The number of anilines is 2. The third-order valence-corrected chi connectivity index (χ3v) is 5.71. The van der Waals surface area contributed by atoms with Gasteiger partial charge in [-0.3, -0.25) is 0 Å². The average molecular weight is 408 g/mol. The topological polar surface area (TPSA) is 75.6 Å². The lowest BCUT2D eigenvalue weighted by Gasteiger charge is -2.15. The predicted molar refractivity (Wildman–Crippen MR) is 110 cm³/mol. The summed E-state index contributed by atoms with van der Waals surface area (Å²) in [6, 6.07) is 7.80. The Morgan fingerprint density at radius 1 is 0.800 bits per heavy atom. The van der Waals surface area contributed by atoms with Crippen molar-refractivity contribution in [2.75, 3.05) is 10.6 Å². The van der Waals surface area contributed by atoms with Crippen LogP contribution < -0.4 is 10.6 Å². The molecule has 2 heterocycles. The Kier molecular flexibility index (Phi) is 4.98. The number of pyridine rings is 1. The lowest BCUT2D eigenvalue weighted by atomic mass is 10.1. The van der Waals surface area contributed by atoms with Crippen LogP contribution in [0.1, 0.15) is 43.7 Å². The maximum absolute atomic E-state index is 13.9. The highest BCUT2D eigenvalue weighted by atomic mass is 19.1. The van der Waals surface area contributed by atoms with Gasteiger partial charge in [-0.15, -0.1) is 10.2 Å². The van der Waals surface area contributed by atoms with Gasteiger partial charge >= 0.3 is 0 Å². The molecule has 0 radical (unpaired) electrons. The van der Waals surface area contributed by atoms with E-state index in [9.17, 15) is 8.78 Å². The number of nitrogens with zero attached hydrogens (tertiary/aromatic N) is 4. The van der Waals surface area contributed by atoms with Gasteiger partial charge in [0, 0.05) is 29.8 Å². The summed E-state index contributed by atoms with van der Waals surface area (Å²) < 4.78 is 27.9. The number of rotatable bonds is 6. The second-order valence-corrected chi connectivity index (χ2v) is 8.01. The Hall–Kier alpha value is -3.16. The van der Waals surface area contributed by atoms with Crippen molar-refractivity contribution in [1.29, 1.82) is 0 Å². The first kappa shape index (κ1) is 18.8. The summed E-state index contributed by atoms with van der Waals surface area (Å²) in [5, 5.41) is 15.2. The van der Waals surface area contributed by atoms with Gasteiger partial charge in [0.2, 0.25) is 5.95 Å². The van der Waals surface area contributed by atoms with Crippen LogP contribution in [0.2, 0.25) is 0 Å². The normalized spacial score (nSPS) is 20.9. The van der Waals surface area contributed by atoms with Gasteiger partial charge in [0.05, 0.1) is 17.5 Å².